The number of thiophene rings is 1. The molecule has 1 aliphatic rings. The lowest BCUT2D eigenvalue weighted by Crippen LogP contribution is -2.62. The molecule has 0 aromatic carbocycles. The molecule has 18 heavy (non-hydrogen) atoms. The largest absolute Gasteiger partial charge is 0.369 e. The number of carbonyl (C=O) groups is 2. The molecule has 2 amide bonds. The van der Waals surface area contributed by atoms with Gasteiger partial charge in [-0.1, -0.05) is 0 Å². The van der Waals surface area contributed by atoms with Crippen molar-refractivity contribution in [3.63, 3.8) is 0 Å². The maximum atomic E-state index is 12.7. The van der Waals surface area contributed by atoms with Gasteiger partial charge >= 0.3 is 0 Å². The average Bonchev–Trinajstić information content (AvgIpc) is 2.72. The van der Waals surface area contributed by atoms with Crippen LogP contribution in [-0.4, -0.2) is 29.8 Å². The maximum absolute atomic E-state index is 12.7. The summed E-state index contributed by atoms with van der Waals surface area (Å²) in [6.45, 7) is 2.01. The van der Waals surface area contributed by atoms with Crippen LogP contribution in [0, 0.1) is 5.41 Å². The van der Waals surface area contributed by atoms with Gasteiger partial charge in [-0.25, -0.2) is 8.78 Å². The van der Waals surface area contributed by atoms with Crippen LogP contribution >= 0.6 is 11.3 Å². The fourth-order valence-corrected chi connectivity index (χ4v) is 2.67. The van der Waals surface area contributed by atoms with Crippen LogP contribution < -0.4 is 5.73 Å². The highest BCUT2D eigenvalue weighted by Crippen LogP contribution is 2.34. The van der Waals surface area contributed by atoms with Crippen LogP contribution in [0.15, 0.2) is 11.4 Å². The lowest BCUT2D eigenvalue weighted by Gasteiger charge is -2.45. The molecule has 0 atom stereocenters. The first-order valence-corrected chi connectivity index (χ1v) is 6.18. The monoisotopic (exact) mass is 274 g/mol. The van der Waals surface area contributed by atoms with Crippen molar-refractivity contribution in [2.24, 2.45) is 11.1 Å². The molecule has 0 bridgehead atoms. The van der Waals surface area contributed by atoms with Crippen LogP contribution in [0.5, 0.6) is 0 Å². The van der Waals surface area contributed by atoms with E-state index < -0.39 is 23.7 Å². The molecule has 1 saturated heterocycles. The normalized spacial score (nSPS) is 17.7. The third kappa shape index (κ3) is 1.98. The molecule has 1 aliphatic heterocycles. The molecule has 0 spiro atoms. The van der Waals surface area contributed by atoms with Gasteiger partial charge in [0.1, 0.15) is 0 Å². The Hall–Kier alpha value is -1.50. The Bertz CT molecular complexity index is 495. The van der Waals surface area contributed by atoms with Crippen molar-refractivity contribution in [2.45, 2.75) is 13.3 Å². The summed E-state index contributed by atoms with van der Waals surface area (Å²) in [5.74, 6) is -0.948. The van der Waals surface area contributed by atoms with E-state index in [1.807, 2.05) is 0 Å². The van der Waals surface area contributed by atoms with Crippen molar-refractivity contribution in [3.8, 4) is 0 Å². The summed E-state index contributed by atoms with van der Waals surface area (Å²) >= 11 is 0.855. The first-order valence-electron chi connectivity index (χ1n) is 5.30. The quantitative estimate of drug-likeness (QED) is 0.910. The van der Waals surface area contributed by atoms with Gasteiger partial charge in [-0.05, 0) is 18.4 Å². The van der Waals surface area contributed by atoms with E-state index in [-0.39, 0.29) is 23.5 Å². The predicted octanol–water partition coefficient (Wildman–Crippen LogP) is 1.63. The highest BCUT2D eigenvalue weighted by molar-refractivity contribution is 7.10. The molecular formula is C11H12F2N2O2S. The van der Waals surface area contributed by atoms with Crippen molar-refractivity contribution in [2.75, 3.05) is 13.1 Å². The highest BCUT2D eigenvalue weighted by atomic mass is 32.1. The number of amides is 2. The van der Waals surface area contributed by atoms with Crippen LogP contribution in [0.1, 0.15) is 28.6 Å². The van der Waals surface area contributed by atoms with Gasteiger partial charge in [0.2, 0.25) is 5.91 Å². The first kappa shape index (κ1) is 12.9. The van der Waals surface area contributed by atoms with Crippen molar-refractivity contribution in [3.05, 3.63) is 21.9 Å². The second-order valence-corrected chi connectivity index (χ2v) is 5.53. The standard InChI is InChI=1S/C11H12F2N2O2S/c1-11(10(14)17)4-15(5-11)9(16)6-2-3-18-7(6)8(12)13/h2-3,8H,4-5H2,1H3,(H2,14,17). The molecule has 0 aliphatic carbocycles. The van der Waals surface area contributed by atoms with E-state index >= 15 is 0 Å². The van der Waals surface area contributed by atoms with Crippen molar-refractivity contribution in [1.29, 1.82) is 0 Å². The van der Waals surface area contributed by atoms with E-state index in [0.717, 1.165) is 11.3 Å². The summed E-state index contributed by atoms with van der Waals surface area (Å²) < 4.78 is 25.3. The maximum Gasteiger partial charge on any atom is 0.273 e. The van der Waals surface area contributed by atoms with Crippen molar-refractivity contribution < 1.29 is 18.4 Å². The Labute approximate surface area is 106 Å². The summed E-state index contributed by atoms with van der Waals surface area (Å²) in [5, 5.41) is 1.46. The Morgan fingerprint density at radius 1 is 1.50 bits per heavy atom. The van der Waals surface area contributed by atoms with Gasteiger partial charge < -0.3 is 10.6 Å². The number of primary amides is 1. The zero-order valence-electron chi connectivity index (χ0n) is 9.65. The van der Waals surface area contributed by atoms with Crippen LogP contribution in [0.3, 0.4) is 0 Å². The van der Waals surface area contributed by atoms with Crippen LogP contribution in [0.25, 0.3) is 0 Å². The van der Waals surface area contributed by atoms with Gasteiger partial charge in [0.25, 0.3) is 12.3 Å². The zero-order valence-corrected chi connectivity index (χ0v) is 10.5. The number of halogens is 2. The van der Waals surface area contributed by atoms with Gasteiger partial charge in [-0.2, -0.15) is 0 Å². The molecule has 2 rings (SSSR count). The average molecular weight is 274 g/mol. The molecule has 1 fully saturated rings. The number of hydrogen-bond acceptors (Lipinski definition) is 3. The minimum absolute atomic E-state index is 0.0153. The Morgan fingerprint density at radius 3 is 2.61 bits per heavy atom. The lowest BCUT2D eigenvalue weighted by atomic mass is 9.81. The summed E-state index contributed by atoms with van der Waals surface area (Å²) in [6, 6.07) is 1.38. The van der Waals surface area contributed by atoms with Crippen LogP contribution in [0.4, 0.5) is 8.78 Å². The summed E-state index contributed by atoms with van der Waals surface area (Å²) in [6.07, 6.45) is -2.66. The molecule has 0 radical (unpaired) electrons. The van der Waals surface area contributed by atoms with E-state index in [9.17, 15) is 18.4 Å². The second-order valence-electron chi connectivity index (χ2n) is 4.59. The number of nitrogens with zero attached hydrogens (tertiary/aromatic N) is 1. The van der Waals surface area contributed by atoms with E-state index in [2.05, 4.69) is 0 Å². The van der Waals surface area contributed by atoms with Crippen LogP contribution in [-0.2, 0) is 4.79 Å². The van der Waals surface area contributed by atoms with Crippen molar-refractivity contribution >= 4 is 23.2 Å². The number of hydrogen-bond donors (Lipinski definition) is 1. The molecule has 1 aromatic rings. The minimum Gasteiger partial charge on any atom is -0.369 e. The predicted molar refractivity (Wildman–Crippen MR) is 62.5 cm³/mol. The highest BCUT2D eigenvalue weighted by Gasteiger charge is 2.46. The molecule has 0 unspecified atom stereocenters. The fourth-order valence-electron chi connectivity index (χ4n) is 1.93. The molecule has 0 saturated carbocycles. The number of rotatable bonds is 3. The fraction of sp³-hybridized carbons (Fsp3) is 0.455. The summed E-state index contributed by atoms with van der Waals surface area (Å²) in [4.78, 5) is 24.2. The Balaban J connectivity index is 2.11. The van der Waals surface area contributed by atoms with Crippen molar-refractivity contribution in [1.82, 2.24) is 4.90 Å². The molecular weight excluding hydrogens is 262 g/mol. The zero-order chi connectivity index (χ0) is 13.5. The molecule has 98 valence electrons. The van der Waals surface area contributed by atoms with E-state index in [1.54, 1.807) is 6.92 Å². The van der Waals surface area contributed by atoms with E-state index in [0.29, 0.717) is 0 Å². The third-order valence-corrected chi connectivity index (χ3v) is 4.01. The number of nitrogens with two attached hydrogens (primary N) is 1. The molecule has 7 heteroatoms. The topological polar surface area (TPSA) is 63.4 Å². The Kier molecular flexibility index (Phi) is 3.10. The first-order chi connectivity index (χ1) is 8.35. The number of alkyl halides is 2. The summed E-state index contributed by atoms with van der Waals surface area (Å²) in [7, 11) is 0. The molecule has 1 aromatic heterocycles. The second kappa shape index (κ2) is 4.31. The summed E-state index contributed by atoms with van der Waals surface area (Å²) in [5.41, 5.74) is 4.47. The smallest absolute Gasteiger partial charge is 0.273 e. The molecule has 4 nitrogen and oxygen atoms in total. The van der Waals surface area contributed by atoms with Gasteiger partial charge in [-0.15, -0.1) is 11.3 Å². The number of likely N-dealkylation sites (tertiary alicyclic amines) is 1. The van der Waals surface area contributed by atoms with Crippen LogP contribution in [0.2, 0.25) is 0 Å². The van der Waals surface area contributed by atoms with E-state index in [1.165, 1.54) is 16.3 Å². The Morgan fingerprint density at radius 2 is 2.11 bits per heavy atom. The lowest BCUT2D eigenvalue weighted by molar-refractivity contribution is -0.134. The van der Waals surface area contributed by atoms with Gasteiger partial charge in [0.05, 0.1) is 15.9 Å². The van der Waals surface area contributed by atoms with Gasteiger partial charge in [-0.3, -0.25) is 9.59 Å². The molecule has 2 N–H and O–H groups in total. The van der Waals surface area contributed by atoms with Gasteiger partial charge in [0.15, 0.2) is 0 Å². The molecule has 2 heterocycles. The minimum atomic E-state index is -2.66. The number of carbonyl (C=O) groups excluding carboxylic acids is 2. The van der Waals surface area contributed by atoms with E-state index in [4.69, 9.17) is 5.73 Å². The SMILES string of the molecule is CC1(C(N)=O)CN(C(=O)c2ccsc2C(F)F)C1. The third-order valence-electron chi connectivity index (χ3n) is 3.09. The van der Waals surface area contributed by atoms with Gasteiger partial charge in [0, 0.05) is 13.1 Å².